The number of cyclic esters (lactones) is 3. The minimum absolute atomic E-state index is 0.000565. The Morgan fingerprint density at radius 2 is 1.69 bits per heavy atom. The van der Waals surface area contributed by atoms with E-state index in [1.165, 1.54) is 0 Å². The first-order valence-electron chi connectivity index (χ1n) is 13.7. The van der Waals surface area contributed by atoms with Gasteiger partial charge in [0, 0.05) is 29.7 Å². The molecule has 204 valence electrons. The lowest BCUT2D eigenvalue weighted by Crippen LogP contribution is -2.70. The van der Waals surface area contributed by atoms with Crippen LogP contribution in [0.25, 0.3) is 0 Å². The topological polar surface area (TPSA) is 135 Å². The molecule has 3 aliphatic carbocycles. The predicted octanol–water partition coefficient (Wildman–Crippen LogP) is 1.02. The number of rotatable bonds is 1. The first kappa shape index (κ1) is 23.8. The van der Waals surface area contributed by atoms with Crippen LogP contribution >= 0.6 is 0 Å². The number of hydrogen-bond acceptors (Lipinski definition) is 10. The number of hydrogen-bond donors (Lipinski definition) is 1. The van der Waals surface area contributed by atoms with Gasteiger partial charge < -0.3 is 28.8 Å². The predicted molar refractivity (Wildman–Crippen MR) is 128 cm³/mol. The average molecular weight is 537 g/mol. The summed E-state index contributed by atoms with van der Waals surface area (Å²) in [7, 11) is 0. The van der Waals surface area contributed by atoms with Crippen LogP contribution in [0.5, 0.6) is 0 Å². The number of aliphatic hydroxyl groups is 1. The van der Waals surface area contributed by atoms with Crippen molar-refractivity contribution in [3.05, 3.63) is 45.1 Å². The van der Waals surface area contributed by atoms with E-state index in [4.69, 9.17) is 23.7 Å². The lowest BCUT2D eigenvalue weighted by atomic mass is 9.44. The Bertz CT molecular complexity index is 1410. The van der Waals surface area contributed by atoms with Gasteiger partial charge in [-0.2, -0.15) is 0 Å². The molecule has 0 aromatic rings. The molecule has 1 unspecified atom stereocenters. The first-order chi connectivity index (χ1) is 18.8. The maximum atomic E-state index is 13.9. The van der Waals surface area contributed by atoms with E-state index in [1.807, 2.05) is 6.92 Å². The Morgan fingerprint density at radius 3 is 2.49 bits per heavy atom. The molecular weight excluding hydrogens is 508 g/mol. The van der Waals surface area contributed by atoms with Crippen LogP contribution in [0.3, 0.4) is 0 Å². The van der Waals surface area contributed by atoms with E-state index < -0.39 is 53.1 Å². The number of fused-ring (bicyclic) bond motifs is 2. The first-order valence-corrected chi connectivity index (χ1v) is 13.7. The fraction of sp³-hybridized carbons (Fsp3) is 0.586. The number of aliphatic hydroxyl groups excluding tert-OH is 1. The van der Waals surface area contributed by atoms with Crippen LogP contribution in [0.15, 0.2) is 45.1 Å². The average Bonchev–Trinajstić information content (AvgIpc) is 2.91. The Hall–Kier alpha value is -3.08. The highest BCUT2D eigenvalue weighted by molar-refractivity contribution is 5.99. The second-order valence-corrected chi connectivity index (χ2v) is 11.8. The normalized spacial score (nSPS) is 45.7. The lowest BCUT2D eigenvalue weighted by Gasteiger charge is -2.65. The van der Waals surface area contributed by atoms with Gasteiger partial charge in [0.2, 0.25) is 0 Å². The summed E-state index contributed by atoms with van der Waals surface area (Å²) in [5, 5.41) is 12.0. The van der Waals surface area contributed by atoms with Crippen molar-refractivity contribution in [2.24, 2.45) is 22.7 Å². The summed E-state index contributed by atoms with van der Waals surface area (Å²) in [6, 6.07) is 0. The second-order valence-electron chi connectivity index (χ2n) is 11.8. The molecule has 10 heteroatoms. The molecule has 1 N–H and O–H groups in total. The molecule has 2 spiro atoms. The van der Waals surface area contributed by atoms with Gasteiger partial charge in [-0.05, 0) is 48.5 Å². The summed E-state index contributed by atoms with van der Waals surface area (Å²) in [5.74, 6) is -2.46. The fourth-order valence-corrected chi connectivity index (χ4v) is 9.32. The third kappa shape index (κ3) is 2.50. The summed E-state index contributed by atoms with van der Waals surface area (Å²) in [6.45, 7) is 4.11. The molecule has 9 atom stereocenters. The van der Waals surface area contributed by atoms with E-state index in [9.17, 15) is 24.3 Å². The molecule has 6 aliphatic heterocycles. The minimum Gasteiger partial charge on any atom is -0.465 e. The van der Waals surface area contributed by atoms with E-state index in [1.54, 1.807) is 6.92 Å². The molecular formula is C29H28O10. The zero-order chi connectivity index (χ0) is 27.0. The molecule has 0 radical (unpaired) electrons. The van der Waals surface area contributed by atoms with Crippen LogP contribution in [-0.2, 0) is 42.9 Å². The van der Waals surface area contributed by atoms with Gasteiger partial charge in [-0.15, -0.1) is 0 Å². The van der Waals surface area contributed by atoms with Crippen molar-refractivity contribution in [2.45, 2.75) is 63.6 Å². The van der Waals surface area contributed by atoms with Crippen LogP contribution in [0, 0.1) is 22.7 Å². The van der Waals surface area contributed by atoms with Gasteiger partial charge in [0.1, 0.15) is 24.4 Å². The van der Waals surface area contributed by atoms with Gasteiger partial charge in [0.15, 0.2) is 0 Å². The highest BCUT2D eigenvalue weighted by Gasteiger charge is 2.73. The SMILES string of the molecule is CC1O[C@@H]2C[C@@H]3[C@@H]4C5=C(C(=O)OCC5=C[C@]13C1=C2C(=O)OCC1)[C@@H](O)[C@]12C(=O)OCCC1=C(C=O)[C@@H](C)O[C@@H]42. The van der Waals surface area contributed by atoms with E-state index in [0.29, 0.717) is 41.4 Å². The van der Waals surface area contributed by atoms with Crippen LogP contribution < -0.4 is 0 Å². The Morgan fingerprint density at radius 1 is 0.949 bits per heavy atom. The highest BCUT2D eigenvalue weighted by Crippen LogP contribution is 2.69. The van der Waals surface area contributed by atoms with Crippen molar-refractivity contribution in [1.82, 2.24) is 0 Å². The van der Waals surface area contributed by atoms with Gasteiger partial charge in [-0.25, -0.2) is 9.59 Å². The van der Waals surface area contributed by atoms with Crippen LogP contribution in [0.2, 0.25) is 0 Å². The van der Waals surface area contributed by atoms with Gasteiger partial charge in [-0.3, -0.25) is 9.59 Å². The van der Waals surface area contributed by atoms with Crippen LogP contribution in [-0.4, -0.2) is 79.6 Å². The summed E-state index contributed by atoms with van der Waals surface area (Å²) in [4.78, 5) is 52.4. The minimum atomic E-state index is -1.76. The third-order valence-corrected chi connectivity index (χ3v) is 10.7. The van der Waals surface area contributed by atoms with Gasteiger partial charge in [0.05, 0.1) is 48.8 Å². The summed E-state index contributed by atoms with van der Waals surface area (Å²) < 4.78 is 29.6. The fourth-order valence-electron chi connectivity index (χ4n) is 9.32. The van der Waals surface area contributed by atoms with Gasteiger partial charge in [-0.1, -0.05) is 6.08 Å². The standard InChI is InChI=1S/C29H28O10/c1-11-14(9-30)15-3-6-36-27(34)29(15)23(31)22-19-13(10-37-26(22)33)8-28-12(2)39-18(7-17(28)21(19)24(29)38-11)20-16(28)4-5-35-25(20)32/h8-9,11-12,17-18,21,23-24,31H,3-7,10H2,1-2H3/t11-,12?,17-,18-,21-,23-,24+,28-,29-/m1/s1. The summed E-state index contributed by atoms with van der Waals surface area (Å²) >= 11 is 0. The maximum absolute atomic E-state index is 13.9. The van der Waals surface area contributed by atoms with Crippen molar-refractivity contribution in [2.75, 3.05) is 19.8 Å². The molecule has 0 aromatic heterocycles. The zero-order valence-corrected chi connectivity index (χ0v) is 21.6. The number of carbonyl (C=O) groups is 4. The summed E-state index contributed by atoms with van der Waals surface area (Å²) in [6.07, 6.45) is 0.120. The highest BCUT2D eigenvalue weighted by atomic mass is 16.6. The molecule has 10 nitrogen and oxygen atoms in total. The number of ether oxygens (including phenoxy) is 5. The number of aldehydes is 1. The molecule has 6 heterocycles. The van der Waals surface area contributed by atoms with E-state index in [2.05, 4.69) is 6.08 Å². The Kier molecular flexibility index (Phi) is 4.61. The quantitative estimate of drug-likeness (QED) is 0.294. The molecule has 9 aliphatic rings. The Balaban J connectivity index is 1.45. The Labute approximate surface area is 223 Å². The molecule has 2 saturated heterocycles. The van der Waals surface area contributed by atoms with Crippen molar-refractivity contribution in [1.29, 1.82) is 0 Å². The van der Waals surface area contributed by atoms with Crippen molar-refractivity contribution in [3.8, 4) is 0 Å². The summed E-state index contributed by atoms with van der Waals surface area (Å²) in [5.41, 5.74) is 1.28. The third-order valence-electron chi connectivity index (χ3n) is 10.7. The lowest BCUT2D eigenvalue weighted by molar-refractivity contribution is -0.211. The molecule has 0 aromatic carbocycles. The molecule has 0 amide bonds. The molecule has 39 heavy (non-hydrogen) atoms. The van der Waals surface area contributed by atoms with Crippen molar-refractivity contribution >= 4 is 24.2 Å². The zero-order valence-electron chi connectivity index (χ0n) is 21.6. The van der Waals surface area contributed by atoms with Crippen LogP contribution in [0.4, 0.5) is 0 Å². The van der Waals surface area contributed by atoms with Gasteiger partial charge in [0.25, 0.3) is 0 Å². The molecule has 0 saturated carbocycles. The molecule has 2 fully saturated rings. The van der Waals surface area contributed by atoms with E-state index in [0.717, 1.165) is 11.1 Å². The van der Waals surface area contributed by atoms with E-state index >= 15 is 0 Å². The van der Waals surface area contributed by atoms with Crippen molar-refractivity contribution in [3.63, 3.8) is 0 Å². The van der Waals surface area contributed by atoms with E-state index in [-0.39, 0.29) is 49.8 Å². The number of carbonyl (C=O) groups excluding carboxylic acids is 4. The maximum Gasteiger partial charge on any atom is 0.337 e. The molecule has 2 bridgehead atoms. The smallest absolute Gasteiger partial charge is 0.337 e. The second kappa shape index (κ2) is 7.56. The van der Waals surface area contributed by atoms with Gasteiger partial charge >= 0.3 is 17.9 Å². The molecule has 9 rings (SSSR count). The largest absolute Gasteiger partial charge is 0.465 e. The monoisotopic (exact) mass is 536 g/mol. The number of esters is 3. The van der Waals surface area contributed by atoms with Crippen molar-refractivity contribution < 1.29 is 48.0 Å². The van der Waals surface area contributed by atoms with Crippen LogP contribution in [0.1, 0.15) is 33.1 Å².